The Balaban J connectivity index is 0.804. The number of thiophene rings is 1. The molecule has 0 fully saturated rings. The van der Waals surface area contributed by atoms with Crippen molar-refractivity contribution in [1.82, 2.24) is 30.6 Å². The van der Waals surface area contributed by atoms with Crippen LogP contribution in [0, 0.1) is 0 Å². The largest absolute Gasteiger partial charge is 0.497 e. The smallest absolute Gasteiger partial charge is 0.248 e. The SMILES string of the molecule is COc1ccc2c(C3=Nc4ccccc4/C3=N\OCCCNC(=O)CCn3cc(COc4ccc(N(C(=O)CCl)C(C(=O)NCCc5ccccc5)c5cccs5)cc4Cl)nn3)c(O)[nH]c2c1. The molecule has 0 bridgehead atoms. The number of ether oxygens (including phenoxy) is 2. The molecule has 0 saturated heterocycles. The Labute approximate surface area is 399 Å². The van der Waals surface area contributed by atoms with Crippen LogP contribution in [-0.2, 0) is 38.8 Å². The van der Waals surface area contributed by atoms with E-state index in [1.54, 1.807) is 48.3 Å². The number of aliphatic imine (C=N–C) groups is 1. The van der Waals surface area contributed by atoms with Gasteiger partial charge in [0.05, 0.1) is 41.6 Å². The summed E-state index contributed by atoms with van der Waals surface area (Å²) in [5.74, 6) is -0.433. The number of amides is 3. The van der Waals surface area contributed by atoms with Gasteiger partial charge in [-0.25, -0.2) is 4.99 Å². The standard InChI is InChI=1S/C48H45Cl2N9O7S/c1-64-33-15-16-34-38(26-33)54-47(62)43(34)45-44(35-11-5-6-12-37(35)53-45)56-66-23-8-20-51-41(60)19-22-58-28-31(55-57-58)29-65-39-17-14-32(25-36(39)50)59(42(61)27-49)46(40-13-7-24-67-40)48(63)52-21-18-30-9-3-2-4-10-30/h2-7,9-17,24-26,28,46,54,62H,8,18-23,27,29H2,1H3,(H,51,60)(H,52,63)/b56-44+. The number of fused-ring (bicyclic) bond motifs is 2. The molecule has 19 heteroatoms. The van der Waals surface area contributed by atoms with E-state index >= 15 is 0 Å². The van der Waals surface area contributed by atoms with E-state index in [0.717, 1.165) is 16.5 Å². The molecule has 4 heterocycles. The number of halogens is 2. The molecule has 0 aliphatic carbocycles. The number of hydrogen-bond donors (Lipinski definition) is 4. The summed E-state index contributed by atoms with van der Waals surface area (Å²) >= 11 is 14.2. The van der Waals surface area contributed by atoms with Gasteiger partial charge in [0.15, 0.2) is 5.88 Å². The van der Waals surface area contributed by atoms with Gasteiger partial charge in [-0.2, -0.15) is 0 Å². The predicted molar refractivity (Wildman–Crippen MR) is 258 cm³/mol. The monoisotopic (exact) mass is 961 g/mol. The van der Waals surface area contributed by atoms with Gasteiger partial charge in [0.25, 0.3) is 0 Å². The quantitative estimate of drug-likeness (QED) is 0.0314. The minimum Gasteiger partial charge on any atom is -0.497 e. The van der Waals surface area contributed by atoms with Crippen LogP contribution < -0.4 is 25.0 Å². The number of hydrogen-bond acceptors (Lipinski definition) is 12. The van der Waals surface area contributed by atoms with E-state index < -0.39 is 11.9 Å². The number of nitrogens with one attached hydrogen (secondary N) is 3. The summed E-state index contributed by atoms with van der Waals surface area (Å²) in [4.78, 5) is 55.3. The number of alkyl halides is 1. The molecule has 3 aromatic heterocycles. The molecule has 7 aromatic rings. The number of aromatic amines is 1. The van der Waals surface area contributed by atoms with Gasteiger partial charge in [-0.05, 0) is 59.8 Å². The van der Waals surface area contributed by atoms with Crippen molar-refractivity contribution in [2.75, 3.05) is 37.6 Å². The van der Waals surface area contributed by atoms with E-state index in [2.05, 4.69) is 31.1 Å². The van der Waals surface area contributed by atoms with E-state index in [1.165, 1.54) is 16.2 Å². The van der Waals surface area contributed by atoms with Gasteiger partial charge in [0.1, 0.15) is 53.8 Å². The lowest BCUT2D eigenvalue weighted by Crippen LogP contribution is -2.44. The number of carbonyl (C=O) groups excluding carboxylic acids is 3. The molecule has 1 unspecified atom stereocenters. The molecule has 4 N–H and O–H groups in total. The Bertz CT molecular complexity index is 2920. The van der Waals surface area contributed by atoms with Crippen LogP contribution in [0.1, 0.15) is 46.1 Å². The van der Waals surface area contributed by atoms with Crippen molar-refractivity contribution in [2.45, 2.75) is 38.5 Å². The molecule has 4 aromatic carbocycles. The van der Waals surface area contributed by atoms with E-state index in [9.17, 15) is 19.5 Å². The Morgan fingerprint density at radius 3 is 2.61 bits per heavy atom. The van der Waals surface area contributed by atoms with Crippen LogP contribution in [0.2, 0.25) is 5.02 Å². The van der Waals surface area contributed by atoms with E-state index in [0.29, 0.717) is 81.9 Å². The number of aromatic hydroxyl groups is 1. The van der Waals surface area contributed by atoms with Crippen molar-refractivity contribution in [1.29, 1.82) is 0 Å². The second kappa shape index (κ2) is 21.9. The summed E-state index contributed by atoms with van der Waals surface area (Å²) in [5.41, 5.74) is 5.59. The van der Waals surface area contributed by atoms with E-state index in [-0.39, 0.29) is 54.8 Å². The summed E-state index contributed by atoms with van der Waals surface area (Å²) < 4.78 is 12.9. The van der Waals surface area contributed by atoms with Gasteiger partial charge in [0.2, 0.25) is 17.7 Å². The highest BCUT2D eigenvalue weighted by Gasteiger charge is 2.34. The van der Waals surface area contributed by atoms with Crippen molar-refractivity contribution in [2.24, 2.45) is 10.1 Å². The number of nitrogens with zero attached hydrogens (tertiary/aromatic N) is 6. The fraction of sp³-hybridized carbons (Fsp3) is 0.229. The summed E-state index contributed by atoms with van der Waals surface area (Å²) in [6, 6.07) is 30.3. The van der Waals surface area contributed by atoms with Gasteiger partial charge in [0, 0.05) is 53.5 Å². The molecule has 0 radical (unpaired) electrons. The van der Waals surface area contributed by atoms with Gasteiger partial charge < -0.3 is 35.0 Å². The fourth-order valence-electron chi connectivity index (χ4n) is 7.46. The zero-order valence-corrected chi connectivity index (χ0v) is 38.5. The first-order valence-corrected chi connectivity index (χ1v) is 23.1. The number of benzene rings is 4. The zero-order chi connectivity index (χ0) is 46.7. The number of anilines is 1. The topological polar surface area (TPSA) is 198 Å². The van der Waals surface area contributed by atoms with Crippen molar-refractivity contribution in [3.8, 4) is 17.4 Å². The second-order valence-corrected chi connectivity index (χ2v) is 16.8. The van der Waals surface area contributed by atoms with Gasteiger partial charge >= 0.3 is 0 Å². The lowest BCUT2D eigenvalue weighted by atomic mass is 10.0. The number of rotatable bonds is 21. The molecule has 1 aliphatic heterocycles. The molecular formula is C48H45Cl2N9O7S. The maximum atomic E-state index is 13.7. The van der Waals surface area contributed by atoms with Gasteiger partial charge in [-0.15, -0.1) is 28.0 Å². The number of carbonyl (C=O) groups is 3. The molecule has 1 atom stereocenters. The minimum absolute atomic E-state index is 0.0263. The van der Waals surface area contributed by atoms with Crippen LogP contribution in [0.15, 0.2) is 125 Å². The third-order valence-electron chi connectivity index (χ3n) is 10.7. The summed E-state index contributed by atoms with van der Waals surface area (Å²) in [6.45, 7) is 1.27. The average Bonchev–Trinajstić information content (AvgIpc) is 4.17. The molecule has 16 nitrogen and oxygen atoms in total. The molecule has 0 spiro atoms. The normalized spacial score (nSPS) is 12.9. The van der Waals surface area contributed by atoms with Crippen LogP contribution >= 0.6 is 34.5 Å². The van der Waals surface area contributed by atoms with E-state index in [4.69, 9.17) is 42.5 Å². The van der Waals surface area contributed by atoms with E-state index in [1.807, 2.05) is 78.2 Å². The number of methoxy groups -OCH3 is 1. The first-order chi connectivity index (χ1) is 32.7. The number of aryl methyl sites for hydroxylation is 1. The highest BCUT2D eigenvalue weighted by atomic mass is 35.5. The Morgan fingerprint density at radius 2 is 1.82 bits per heavy atom. The number of para-hydroxylation sites is 1. The summed E-state index contributed by atoms with van der Waals surface area (Å²) in [6.07, 6.45) is 2.95. The van der Waals surface area contributed by atoms with Gasteiger partial charge in [-0.3, -0.25) is 24.0 Å². The lowest BCUT2D eigenvalue weighted by Gasteiger charge is -2.30. The van der Waals surface area contributed by atoms with Crippen molar-refractivity contribution < 1.29 is 33.8 Å². The van der Waals surface area contributed by atoms with Crippen LogP contribution in [0.3, 0.4) is 0 Å². The van der Waals surface area contributed by atoms with Crippen molar-refractivity contribution >= 4 is 86.0 Å². The molecule has 3 amide bonds. The van der Waals surface area contributed by atoms with Crippen molar-refractivity contribution in [3.63, 3.8) is 0 Å². The molecule has 344 valence electrons. The minimum atomic E-state index is -0.983. The Morgan fingerprint density at radius 1 is 0.985 bits per heavy atom. The molecule has 0 saturated carbocycles. The average molecular weight is 963 g/mol. The predicted octanol–water partition coefficient (Wildman–Crippen LogP) is 7.89. The lowest BCUT2D eigenvalue weighted by molar-refractivity contribution is -0.125. The van der Waals surface area contributed by atoms with Crippen LogP contribution in [0.5, 0.6) is 17.4 Å². The zero-order valence-electron chi connectivity index (χ0n) is 36.2. The first-order valence-electron chi connectivity index (χ1n) is 21.3. The van der Waals surface area contributed by atoms with Crippen LogP contribution in [-0.4, -0.2) is 86.9 Å². The molecule has 1 aliphatic rings. The Kier molecular flexibility index (Phi) is 15.1. The number of oxime groups is 1. The second-order valence-electron chi connectivity index (χ2n) is 15.2. The highest BCUT2D eigenvalue weighted by Crippen LogP contribution is 2.38. The maximum absolute atomic E-state index is 13.7. The third kappa shape index (κ3) is 11.1. The Hall–Kier alpha value is -7.21. The van der Waals surface area contributed by atoms with Crippen LogP contribution in [0.25, 0.3) is 10.9 Å². The fourth-order valence-corrected chi connectivity index (χ4v) is 8.63. The molecule has 67 heavy (non-hydrogen) atoms. The van der Waals surface area contributed by atoms with Crippen molar-refractivity contribution in [3.05, 3.63) is 147 Å². The third-order valence-corrected chi connectivity index (χ3v) is 12.2. The summed E-state index contributed by atoms with van der Waals surface area (Å²) in [5, 5.41) is 32.3. The molecular weight excluding hydrogens is 918 g/mol. The molecule has 8 rings (SSSR count). The number of H-pyrrole nitrogens is 1. The van der Waals surface area contributed by atoms with Gasteiger partial charge in [-0.1, -0.05) is 76.6 Å². The maximum Gasteiger partial charge on any atom is 0.248 e. The summed E-state index contributed by atoms with van der Waals surface area (Å²) in [7, 11) is 1.58. The van der Waals surface area contributed by atoms with Crippen LogP contribution in [0.4, 0.5) is 11.4 Å². The number of aromatic nitrogens is 4. The highest BCUT2D eigenvalue weighted by molar-refractivity contribution is 7.10. The first kappa shape index (κ1) is 46.3.